The number of carbonyl (C=O) groups excluding carboxylic acids is 1. The van der Waals surface area contributed by atoms with Crippen LogP contribution in [0.1, 0.15) is 26.7 Å². The first kappa shape index (κ1) is 12.7. The molecule has 1 aliphatic carbocycles. The van der Waals surface area contributed by atoms with Crippen molar-refractivity contribution in [1.29, 1.82) is 0 Å². The monoisotopic (exact) mass is 216 g/mol. The number of hydrogen-bond donors (Lipinski definition) is 0. The Bertz CT molecular complexity index is 356. The average Bonchev–Trinajstić information content (AvgIpc) is 2.22. The van der Waals surface area contributed by atoms with Crippen molar-refractivity contribution in [2.45, 2.75) is 26.7 Å². The molecular weight excluding hydrogens is 196 g/mol. The van der Waals surface area contributed by atoms with Crippen molar-refractivity contribution in [3.63, 3.8) is 0 Å². The molecule has 0 aliphatic heterocycles. The minimum atomic E-state index is 0.145. The van der Waals surface area contributed by atoms with Crippen molar-refractivity contribution in [2.75, 3.05) is 0 Å². The molecule has 0 spiro atoms. The van der Waals surface area contributed by atoms with Crippen molar-refractivity contribution in [3.05, 3.63) is 48.6 Å². The molecule has 0 aromatic rings. The molecule has 0 heterocycles. The Morgan fingerprint density at radius 2 is 2.00 bits per heavy atom. The van der Waals surface area contributed by atoms with Crippen LogP contribution in [-0.2, 0) is 4.79 Å². The van der Waals surface area contributed by atoms with Gasteiger partial charge in [-0.05, 0) is 18.3 Å². The predicted molar refractivity (Wildman–Crippen MR) is 69.1 cm³/mol. The number of hydrogen-bond acceptors (Lipinski definition) is 1. The maximum absolute atomic E-state index is 11.8. The molecule has 86 valence electrons. The molecule has 16 heavy (non-hydrogen) atoms. The Labute approximate surface area is 98.2 Å². The Morgan fingerprint density at radius 1 is 1.31 bits per heavy atom. The predicted octanol–water partition coefficient (Wildman–Crippen LogP) is 3.85. The van der Waals surface area contributed by atoms with E-state index in [0.717, 1.165) is 12.0 Å². The summed E-state index contributed by atoms with van der Waals surface area (Å²) in [6, 6.07) is 0. The lowest BCUT2D eigenvalue weighted by Crippen LogP contribution is -2.13. The van der Waals surface area contributed by atoms with E-state index in [9.17, 15) is 4.79 Å². The lowest BCUT2D eigenvalue weighted by atomic mass is 9.87. The summed E-state index contributed by atoms with van der Waals surface area (Å²) in [5, 5.41) is 0. The van der Waals surface area contributed by atoms with Crippen LogP contribution in [0.25, 0.3) is 0 Å². The number of rotatable bonds is 1. The molecule has 1 aliphatic rings. The van der Waals surface area contributed by atoms with E-state index in [1.54, 1.807) is 0 Å². The molecule has 1 nitrogen and oxygen atoms in total. The molecular formula is C15H20O. The first-order valence-corrected chi connectivity index (χ1v) is 5.75. The summed E-state index contributed by atoms with van der Waals surface area (Å²) in [7, 11) is 0. The van der Waals surface area contributed by atoms with Crippen LogP contribution in [0.5, 0.6) is 0 Å². The molecule has 0 amide bonds. The van der Waals surface area contributed by atoms with Crippen LogP contribution in [0.3, 0.4) is 0 Å². The second-order valence-electron chi connectivity index (χ2n) is 4.68. The fourth-order valence-electron chi connectivity index (χ4n) is 1.64. The smallest absolute Gasteiger partial charge is 0.162 e. The number of Topliss-reactive ketones (excluding diaryl/α,β-unsaturated/α-hetero) is 1. The van der Waals surface area contributed by atoms with E-state index in [-0.39, 0.29) is 11.7 Å². The minimum Gasteiger partial charge on any atom is -0.294 e. The summed E-state index contributed by atoms with van der Waals surface area (Å²) in [5.41, 5.74) is 1.68. The van der Waals surface area contributed by atoms with Crippen molar-refractivity contribution < 1.29 is 4.79 Å². The maximum Gasteiger partial charge on any atom is 0.162 e. The van der Waals surface area contributed by atoms with Crippen LogP contribution in [0.2, 0.25) is 0 Å². The van der Waals surface area contributed by atoms with Gasteiger partial charge in [0.25, 0.3) is 0 Å². The van der Waals surface area contributed by atoms with Crippen LogP contribution in [0.4, 0.5) is 0 Å². The Morgan fingerprint density at radius 3 is 2.62 bits per heavy atom. The topological polar surface area (TPSA) is 17.1 Å². The second-order valence-corrected chi connectivity index (χ2v) is 4.68. The van der Waals surface area contributed by atoms with E-state index in [2.05, 4.69) is 33.1 Å². The third-order valence-corrected chi connectivity index (χ3v) is 2.91. The van der Waals surface area contributed by atoms with Gasteiger partial charge in [-0.25, -0.2) is 0 Å². The zero-order valence-corrected chi connectivity index (χ0v) is 10.2. The van der Waals surface area contributed by atoms with Crippen LogP contribution >= 0.6 is 0 Å². The van der Waals surface area contributed by atoms with Gasteiger partial charge in [0.2, 0.25) is 0 Å². The number of allylic oxidation sites excluding steroid dienone is 6. The van der Waals surface area contributed by atoms with Gasteiger partial charge in [0.1, 0.15) is 0 Å². The van der Waals surface area contributed by atoms with E-state index in [0.29, 0.717) is 17.9 Å². The van der Waals surface area contributed by atoms with E-state index >= 15 is 0 Å². The summed E-state index contributed by atoms with van der Waals surface area (Å²) < 4.78 is 0. The SMILES string of the molecule is C=C1/C=C/[C@H](C(C)C)CC(=O)C(=C)/C=C\C1. The summed E-state index contributed by atoms with van der Waals surface area (Å²) in [4.78, 5) is 11.8. The molecule has 0 saturated heterocycles. The van der Waals surface area contributed by atoms with Crippen LogP contribution in [0.15, 0.2) is 48.6 Å². The van der Waals surface area contributed by atoms with E-state index in [4.69, 9.17) is 0 Å². The van der Waals surface area contributed by atoms with Gasteiger partial charge in [0.05, 0.1) is 0 Å². The zero-order chi connectivity index (χ0) is 12.1. The zero-order valence-electron chi connectivity index (χ0n) is 10.2. The molecule has 0 aromatic carbocycles. The highest BCUT2D eigenvalue weighted by Crippen LogP contribution is 2.21. The van der Waals surface area contributed by atoms with Crippen LogP contribution < -0.4 is 0 Å². The number of carbonyl (C=O) groups is 1. The van der Waals surface area contributed by atoms with Crippen molar-refractivity contribution in [3.8, 4) is 0 Å². The normalized spacial score (nSPS) is 26.9. The highest BCUT2D eigenvalue weighted by atomic mass is 16.1. The Kier molecular flexibility index (Phi) is 4.48. The van der Waals surface area contributed by atoms with Crippen LogP contribution in [-0.4, -0.2) is 5.78 Å². The Hall–Kier alpha value is -1.37. The van der Waals surface area contributed by atoms with E-state index in [1.807, 2.05) is 18.2 Å². The van der Waals surface area contributed by atoms with Gasteiger partial charge < -0.3 is 0 Å². The first-order chi connectivity index (χ1) is 7.50. The lowest BCUT2D eigenvalue weighted by Gasteiger charge is -2.17. The third-order valence-electron chi connectivity index (χ3n) is 2.91. The largest absolute Gasteiger partial charge is 0.294 e. The van der Waals surface area contributed by atoms with Crippen molar-refractivity contribution >= 4 is 5.78 Å². The molecule has 1 atom stereocenters. The second kappa shape index (κ2) is 5.64. The molecule has 0 saturated carbocycles. The minimum absolute atomic E-state index is 0.145. The quantitative estimate of drug-likeness (QED) is 0.608. The maximum atomic E-state index is 11.8. The third kappa shape index (κ3) is 3.65. The molecule has 0 aromatic heterocycles. The van der Waals surface area contributed by atoms with Gasteiger partial charge in [-0.15, -0.1) is 0 Å². The van der Waals surface area contributed by atoms with Gasteiger partial charge in [0.15, 0.2) is 5.78 Å². The summed E-state index contributed by atoms with van der Waals surface area (Å²) in [6.07, 6.45) is 9.23. The highest BCUT2D eigenvalue weighted by molar-refractivity contribution is 5.97. The fraction of sp³-hybridized carbons (Fsp3) is 0.400. The molecule has 0 N–H and O–H groups in total. The van der Waals surface area contributed by atoms with Crippen LogP contribution in [0, 0.1) is 11.8 Å². The fourth-order valence-corrected chi connectivity index (χ4v) is 1.64. The molecule has 1 heteroatoms. The van der Waals surface area contributed by atoms with Gasteiger partial charge in [-0.3, -0.25) is 4.79 Å². The molecule has 0 bridgehead atoms. The van der Waals surface area contributed by atoms with Gasteiger partial charge in [0, 0.05) is 12.0 Å². The first-order valence-electron chi connectivity index (χ1n) is 5.75. The summed E-state index contributed by atoms with van der Waals surface area (Å²) in [6.45, 7) is 12.0. The van der Waals surface area contributed by atoms with Crippen molar-refractivity contribution in [1.82, 2.24) is 0 Å². The van der Waals surface area contributed by atoms with Gasteiger partial charge >= 0.3 is 0 Å². The standard InChI is InChI=1S/C15H20O/c1-11(2)14-9-8-12(3)6-5-7-13(4)15(16)10-14/h5,7-9,11,14H,3-4,6,10H2,1-2H3/b7-5-,9-8+/t14-/m0/s1. The highest BCUT2D eigenvalue weighted by Gasteiger charge is 2.16. The Balaban J connectivity index is 2.90. The molecule has 0 fully saturated rings. The molecule has 0 unspecified atom stereocenters. The van der Waals surface area contributed by atoms with E-state index < -0.39 is 0 Å². The van der Waals surface area contributed by atoms with Gasteiger partial charge in [-0.1, -0.05) is 56.9 Å². The summed E-state index contributed by atoms with van der Waals surface area (Å²) in [5.74, 6) is 0.892. The molecule has 1 rings (SSSR count). The average molecular weight is 216 g/mol. The number of ketones is 1. The van der Waals surface area contributed by atoms with Crippen molar-refractivity contribution in [2.24, 2.45) is 11.8 Å². The molecule has 0 radical (unpaired) electrons. The van der Waals surface area contributed by atoms with Gasteiger partial charge in [-0.2, -0.15) is 0 Å². The summed E-state index contributed by atoms with van der Waals surface area (Å²) >= 11 is 0. The lowest BCUT2D eigenvalue weighted by molar-refractivity contribution is -0.116. The van der Waals surface area contributed by atoms with E-state index in [1.165, 1.54) is 0 Å².